The molecule has 0 saturated carbocycles. The van der Waals surface area contributed by atoms with Gasteiger partial charge in [0.15, 0.2) is 0 Å². The average Bonchev–Trinajstić information content (AvgIpc) is 2.82. The first-order valence-corrected chi connectivity index (χ1v) is 9.34. The fourth-order valence-electron chi connectivity index (χ4n) is 2.88. The van der Waals surface area contributed by atoms with Crippen molar-refractivity contribution in [2.45, 2.75) is 52.7 Å². The molecule has 2 heterocycles. The quantitative estimate of drug-likeness (QED) is 0.859. The van der Waals surface area contributed by atoms with Crippen LogP contribution >= 0.6 is 22.9 Å². The number of likely N-dealkylation sites (tertiary alicyclic amines) is 1. The van der Waals surface area contributed by atoms with Gasteiger partial charge in [0, 0.05) is 36.4 Å². The van der Waals surface area contributed by atoms with E-state index in [0.717, 1.165) is 44.0 Å². The van der Waals surface area contributed by atoms with Crippen LogP contribution in [0.2, 0.25) is 5.02 Å². The molecule has 1 unspecified atom stereocenters. The number of thiophene rings is 1. The smallest absolute Gasteiger partial charge is 0.410 e. The van der Waals surface area contributed by atoms with E-state index in [1.807, 2.05) is 37.1 Å². The molecule has 23 heavy (non-hydrogen) atoms. The van der Waals surface area contributed by atoms with Crippen molar-refractivity contribution in [2.75, 3.05) is 19.6 Å². The van der Waals surface area contributed by atoms with Gasteiger partial charge in [-0.25, -0.2) is 4.79 Å². The van der Waals surface area contributed by atoms with Crippen LogP contribution in [0.4, 0.5) is 4.79 Å². The molecule has 0 aliphatic carbocycles. The maximum absolute atomic E-state index is 12.3. The van der Waals surface area contributed by atoms with Crippen molar-refractivity contribution in [1.29, 1.82) is 0 Å². The molecule has 1 amide bonds. The van der Waals surface area contributed by atoms with E-state index < -0.39 is 5.60 Å². The van der Waals surface area contributed by atoms with E-state index in [-0.39, 0.29) is 11.5 Å². The van der Waals surface area contributed by atoms with E-state index >= 15 is 0 Å². The summed E-state index contributed by atoms with van der Waals surface area (Å²) in [5.41, 5.74) is -0.363. The molecule has 130 valence electrons. The van der Waals surface area contributed by atoms with Gasteiger partial charge in [0.05, 0.1) is 5.02 Å². The van der Waals surface area contributed by atoms with Crippen LogP contribution in [-0.4, -0.2) is 36.2 Å². The molecule has 4 nitrogen and oxygen atoms in total. The Balaban J connectivity index is 1.84. The zero-order chi connectivity index (χ0) is 17.1. The summed E-state index contributed by atoms with van der Waals surface area (Å²) in [6.45, 7) is 11.2. The predicted octanol–water partition coefficient (Wildman–Crippen LogP) is 4.53. The van der Waals surface area contributed by atoms with E-state index in [1.54, 1.807) is 11.3 Å². The molecule has 0 bridgehead atoms. The molecule has 6 heteroatoms. The third kappa shape index (κ3) is 5.98. The fraction of sp³-hybridized carbons (Fsp3) is 0.706. The number of rotatable bonds is 4. The highest BCUT2D eigenvalue weighted by atomic mass is 35.5. The lowest BCUT2D eigenvalue weighted by molar-refractivity contribution is 0.00676. The van der Waals surface area contributed by atoms with Gasteiger partial charge in [-0.1, -0.05) is 18.5 Å². The summed E-state index contributed by atoms with van der Waals surface area (Å²) in [6.07, 6.45) is 1.93. The summed E-state index contributed by atoms with van der Waals surface area (Å²) in [7, 11) is 0. The molecule has 1 aromatic rings. The third-order valence-electron chi connectivity index (χ3n) is 3.91. The lowest BCUT2D eigenvalue weighted by Gasteiger charge is -2.41. The summed E-state index contributed by atoms with van der Waals surface area (Å²) in [5, 5.41) is 6.25. The Hall–Kier alpha value is -0.780. The number of amides is 1. The number of ether oxygens (including phenoxy) is 1. The van der Waals surface area contributed by atoms with Gasteiger partial charge in [0.25, 0.3) is 0 Å². The van der Waals surface area contributed by atoms with Crippen molar-refractivity contribution in [3.63, 3.8) is 0 Å². The van der Waals surface area contributed by atoms with Gasteiger partial charge in [0.2, 0.25) is 0 Å². The molecule has 0 radical (unpaired) electrons. The standard InChI is InChI=1S/C17H27ClN2O2S/c1-16(2,3)22-15(21)20-7-5-6-17(4,12-20)11-19-9-14-8-13(18)10-23-14/h8,10,19H,5-7,9,11-12H2,1-4H3. The number of carbonyl (C=O) groups excluding carboxylic acids is 1. The van der Waals surface area contributed by atoms with Crippen LogP contribution in [-0.2, 0) is 11.3 Å². The van der Waals surface area contributed by atoms with Gasteiger partial charge in [-0.2, -0.15) is 0 Å². The van der Waals surface area contributed by atoms with Crippen LogP contribution in [0, 0.1) is 5.41 Å². The van der Waals surface area contributed by atoms with Gasteiger partial charge < -0.3 is 15.0 Å². The van der Waals surface area contributed by atoms with Crippen LogP contribution in [0.25, 0.3) is 0 Å². The summed E-state index contributed by atoms with van der Waals surface area (Å²) >= 11 is 7.61. The molecule has 2 rings (SSSR count). The first-order chi connectivity index (χ1) is 10.7. The first kappa shape index (κ1) is 18.6. The summed E-state index contributed by atoms with van der Waals surface area (Å²) in [6, 6.07) is 2.00. The van der Waals surface area contributed by atoms with E-state index in [0.29, 0.717) is 0 Å². The number of carbonyl (C=O) groups is 1. The Kier molecular flexibility index (Phi) is 5.98. The van der Waals surface area contributed by atoms with Crippen LogP contribution in [0.15, 0.2) is 11.4 Å². The minimum absolute atomic E-state index is 0.0796. The summed E-state index contributed by atoms with van der Waals surface area (Å²) in [5.74, 6) is 0. The molecular formula is C17H27ClN2O2S. The zero-order valence-electron chi connectivity index (χ0n) is 14.4. The van der Waals surface area contributed by atoms with Crippen molar-refractivity contribution in [3.05, 3.63) is 21.3 Å². The van der Waals surface area contributed by atoms with Crippen molar-refractivity contribution in [2.24, 2.45) is 5.41 Å². The first-order valence-electron chi connectivity index (χ1n) is 8.08. The molecular weight excluding hydrogens is 332 g/mol. The van der Waals surface area contributed by atoms with Crippen molar-refractivity contribution in [1.82, 2.24) is 10.2 Å². The Morgan fingerprint density at radius 1 is 1.52 bits per heavy atom. The number of hydrogen-bond donors (Lipinski definition) is 1. The van der Waals surface area contributed by atoms with Crippen molar-refractivity contribution < 1.29 is 9.53 Å². The average molecular weight is 359 g/mol. The molecule has 1 N–H and O–H groups in total. The van der Waals surface area contributed by atoms with Gasteiger partial charge in [-0.3, -0.25) is 0 Å². The number of piperidine rings is 1. The molecule has 1 saturated heterocycles. The largest absolute Gasteiger partial charge is 0.444 e. The SMILES string of the molecule is CC1(CNCc2cc(Cl)cs2)CCCN(C(=O)OC(C)(C)C)C1. The van der Waals surface area contributed by atoms with Gasteiger partial charge in [-0.15, -0.1) is 11.3 Å². The lowest BCUT2D eigenvalue weighted by atomic mass is 9.82. The van der Waals surface area contributed by atoms with Gasteiger partial charge in [0.1, 0.15) is 5.60 Å². The molecule has 0 spiro atoms. The van der Waals surface area contributed by atoms with Crippen LogP contribution in [0.5, 0.6) is 0 Å². The zero-order valence-corrected chi connectivity index (χ0v) is 16.0. The lowest BCUT2D eigenvalue weighted by Crippen LogP contribution is -2.50. The maximum atomic E-state index is 12.3. The highest BCUT2D eigenvalue weighted by molar-refractivity contribution is 7.10. The molecule has 1 aromatic heterocycles. The molecule has 1 atom stereocenters. The Bertz CT molecular complexity index is 541. The maximum Gasteiger partial charge on any atom is 0.410 e. The molecule has 1 aliphatic heterocycles. The number of hydrogen-bond acceptors (Lipinski definition) is 4. The van der Waals surface area contributed by atoms with E-state index in [4.69, 9.17) is 16.3 Å². The van der Waals surface area contributed by atoms with Crippen LogP contribution < -0.4 is 5.32 Å². The summed E-state index contributed by atoms with van der Waals surface area (Å²) < 4.78 is 5.50. The molecule has 0 aromatic carbocycles. The van der Waals surface area contributed by atoms with Gasteiger partial charge >= 0.3 is 6.09 Å². The van der Waals surface area contributed by atoms with Crippen LogP contribution in [0.1, 0.15) is 45.4 Å². The van der Waals surface area contributed by atoms with E-state index in [1.165, 1.54) is 4.88 Å². The van der Waals surface area contributed by atoms with Crippen molar-refractivity contribution >= 4 is 29.0 Å². The third-order valence-corrected chi connectivity index (χ3v) is 5.19. The van der Waals surface area contributed by atoms with E-state index in [2.05, 4.69) is 12.2 Å². The topological polar surface area (TPSA) is 41.6 Å². The second-order valence-electron chi connectivity index (χ2n) is 7.65. The summed E-state index contributed by atoms with van der Waals surface area (Å²) in [4.78, 5) is 15.4. The normalized spacial score (nSPS) is 22.2. The Morgan fingerprint density at radius 2 is 2.26 bits per heavy atom. The second-order valence-corrected chi connectivity index (χ2v) is 9.08. The highest BCUT2D eigenvalue weighted by Crippen LogP contribution is 2.30. The van der Waals surface area contributed by atoms with Crippen molar-refractivity contribution in [3.8, 4) is 0 Å². The molecule has 1 aliphatic rings. The Morgan fingerprint density at radius 3 is 2.87 bits per heavy atom. The second kappa shape index (κ2) is 7.41. The predicted molar refractivity (Wildman–Crippen MR) is 96.2 cm³/mol. The highest BCUT2D eigenvalue weighted by Gasteiger charge is 2.34. The minimum Gasteiger partial charge on any atom is -0.444 e. The van der Waals surface area contributed by atoms with E-state index in [9.17, 15) is 4.79 Å². The molecule has 1 fully saturated rings. The number of nitrogens with one attached hydrogen (secondary N) is 1. The van der Waals surface area contributed by atoms with Gasteiger partial charge in [-0.05, 0) is 45.1 Å². The monoisotopic (exact) mass is 358 g/mol. The minimum atomic E-state index is -0.443. The Labute approximate surface area is 148 Å². The fourth-order valence-corrected chi connectivity index (χ4v) is 3.92. The number of halogens is 1. The number of nitrogens with zero attached hydrogens (tertiary/aromatic N) is 1. The van der Waals surface area contributed by atoms with Crippen LogP contribution in [0.3, 0.4) is 0 Å².